The Kier molecular flexibility index (Phi) is 5.24. The van der Waals surface area contributed by atoms with E-state index in [-0.39, 0.29) is 18.4 Å². The summed E-state index contributed by atoms with van der Waals surface area (Å²) in [7, 11) is 0. The Balaban J connectivity index is 0.00000176. The van der Waals surface area contributed by atoms with Crippen LogP contribution in [0, 0.1) is 17.6 Å². The monoisotopic (exact) mass is 327 g/mol. The summed E-state index contributed by atoms with van der Waals surface area (Å²) in [5, 5.41) is 3.20. The molecule has 2 aromatic rings. The fraction of sp³-hybridized carbons (Fsp3) is 0.412. The quantitative estimate of drug-likeness (QED) is 0.840. The highest BCUT2D eigenvalue weighted by atomic mass is 35.5. The average Bonchev–Trinajstić information content (AvgIpc) is 2.99. The van der Waals surface area contributed by atoms with Crippen LogP contribution in [0.25, 0.3) is 0 Å². The van der Waals surface area contributed by atoms with Gasteiger partial charge in [0, 0.05) is 23.6 Å². The van der Waals surface area contributed by atoms with Crippen molar-refractivity contribution < 1.29 is 13.2 Å². The lowest BCUT2D eigenvalue weighted by Crippen LogP contribution is -2.18. The second-order valence-electron chi connectivity index (χ2n) is 5.89. The van der Waals surface area contributed by atoms with Gasteiger partial charge in [0.25, 0.3) is 0 Å². The average molecular weight is 328 g/mol. The molecule has 1 saturated carbocycles. The normalized spacial score (nSPS) is 21.3. The van der Waals surface area contributed by atoms with Crippen LogP contribution < -0.4 is 5.32 Å². The van der Waals surface area contributed by atoms with Crippen LogP contribution in [-0.4, -0.2) is 0 Å². The number of halogens is 3. The molecule has 1 heterocycles. The summed E-state index contributed by atoms with van der Waals surface area (Å²) in [4.78, 5) is 0. The predicted octanol–water partition coefficient (Wildman–Crippen LogP) is 4.95. The minimum absolute atomic E-state index is 0. The summed E-state index contributed by atoms with van der Waals surface area (Å²) in [6, 6.07) is 7.43. The third-order valence-corrected chi connectivity index (χ3v) is 4.17. The smallest absolute Gasteiger partial charge is 0.130 e. The van der Waals surface area contributed by atoms with Crippen molar-refractivity contribution in [2.45, 2.75) is 38.8 Å². The van der Waals surface area contributed by atoms with Crippen LogP contribution in [0.5, 0.6) is 0 Å². The lowest BCUT2D eigenvalue weighted by molar-refractivity contribution is 0.425. The molecule has 5 heteroatoms. The molecule has 120 valence electrons. The molecular formula is C17H20ClF2NO. The predicted molar refractivity (Wildman–Crippen MR) is 84.1 cm³/mol. The maximum absolute atomic E-state index is 13.7. The molecule has 22 heavy (non-hydrogen) atoms. The highest BCUT2D eigenvalue weighted by molar-refractivity contribution is 5.85. The van der Waals surface area contributed by atoms with Crippen molar-refractivity contribution in [1.29, 1.82) is 0 Å². The van der Waals surface area contributed by atoms with E-state index in [2.05, 4.69) is 12.2 Å². The molecule has 1 N–H and O–H groups in total. The molecule has 0 saturated heterocycles. The largest absolute Gasteiger partial charge is 0.464 e. The zero-order chi connectivity index (χ0) is 15.0. The number of benzene rings is 1. The number of hydrogen-bond donors (Lipinski definition) is 1. The molecular weight excluding hydrogens is 308 g/mol. The van der Waals surface area contributed by atoms with Gasteiger partial charge in [-0.05, 0) is 37.5 Å². The zero-order valence-corrected chi connectivity index (χ0v) is 13.4. The molecule has 3 rings (SSSR count). The first-order valence-electron chi connectivity index (χ1n) is 7.31. The van der Waals surface area contributed by atoms with E-state index in [4.69, 9.17) is 4.42 Å². The molecule has 3 unspecified atom stereocenters. The van der Waals surface area contributed by atoms with E-state index in [1.165, 1.54) is 18.6 Å². The van der Waals surface area contributed by atoms with Crippen molar-refractivity contribution in [2.75, 3.05) is 0 Å². The Hall–Kier alpha value is -1.39. The summed E-state index contributed by atoms with van der Waals surface area (Å²) in [5.74, 6) is 2.08. The third-order valence-electron chi connectivity index (χ3n) is 4.17. The van der Waals surface area contributed by atoms with Crippen LogP contribution in [0.2, 0.25) is 0 Å². The number of nitrogens with one attached hydrogen (secondary N) is 1. The van der Waals surface area contributed by atoms with Gasteiger partial charge in [-0.1, -0.05) is 13.0 Å². The van der Waals surface area contributed by atoms with Crippen molar-refractivity contribution in [3.8, 4) is 0 Å². The minimum Gasteiger partial charge on any atom is -0.464 e. The van der Waals surface area contributed by atoms with E-state index in [0.29, 0.717) is 23.9 Å². The second kappa shape index (κ2) is 6.80. The van der Waals surface area contributed by atoms with Gasteiger partial charge >= 0.3 is 0 Å². The molecule has 0 aliphatic heterocycles. The van der Waals surface area contributed by atoms with Crippen molar-refractivity contribution >= 4 is 12.4 Å². The van der Waals surface area contributed by atoms with Gasteiger partial charge in [-0.2, -0.15) is 0 Å². The van der Waals surface area contributed by atoms with Crippen molar-refractivity contribution in [3.05, 3.63) is 59.1 Å². The molecule has 1 aromatic carbocycles. The number of rotatable bonds is 5. The Bertz CT molecular complexity index is 643. The summed E-state index contributed by atoms with van der Waals surface area (Å²) >= 11 is 0. The summed E-state index contributed by atoms with van der Waals surface area (Å²) < 4.78 is 32.4. The Morgan fingerprint density at radius 1 is 1.27 bits per heavy atom. The van der Waals surface area contributed by atoms with Gasteiger partial charge in [0.15, 0.2) is 0 Å². The number of furan rings is 1. The first kappa shape index (κ1) is 17.0. The summed E-state index contributed by atoms with van der Waals surface area (Å²) in [5.41, 5.74) is 0.457. The van der Waals surface area contributed by atoms with Gasteiger partial charge in [-0.25, -0.2) is 8.78 Å². The van der Waals surface area contributed by atoms with Crippen LogP contribution >= 0.6 is 12.4 Å². The fourth-order valence-corrected chi connectivity index (χ4v) is 2.62. The van der Waals surface area contributed by atoms with Crippen LogP contribution in [0.3, 0.4) is 0 Å². The van der Waals surface area contributed by atoms with Gasteiger partial charge in [0.05, 0.1) is 6.54 Å². The lowest BCUT2D eigenvalue weighted by atomic mass is 10.1. The first-order valence-corrected chi connectivity index (χ1v) is 7.31. The van der Waals surface area contributed by atoms with Gasteiger partial charge in [-0.15, -0.1) is 12.4 Å². The van der Waals surface area contributed by atoms with E-state index in [9.17, 15) is 8.78 Å². The van der Waals surface area contributed by atoms with Gasteiger partial charge < -0.3 is 9.73 Å². The van der Waals surface area contributed by atoms with Gasteiger partial charge in [0.2, 0.25) is 0 Å². The van der Waals surface area contributed by atoms with E-state index in [1.807, 2.05) is 19.1 Å². The van der Waals surface area contributed by atoms with Crippen molar-refractivity contribution in [3.63, 3.8) is 0 Å². The Labute approximate surface area is 135 Å². The highest BCUT2D eigenvalue weighted by Gasteiger charge is 2.36. The molecule has 1 aliphatic carbocycles. The summed E-state index contributed by atoms with van der Waals surface area (Å²) in [6.45, 7) is 4.59. The molecule has 1 aliphatic rings. The Morgan fingerprint density at radius 3 is 2.64 bits per heavy atom. The minimum atomic E-state index is -0.558. The maximum atomic E-state index is 13.7. The second-order valence-corrected chi connectivity index (χ2v) is 5.89. The van der Waals surface area contributed by atoms with Gasteiger partial charge in [0.1, 0.15) is 23.2 Å². The van der Waals surface area contributed by atoms with E-state index < -0.39 is 11.6 Å². The fourth-order valence-electron chi connectivity index (χ4n) is 2.62. The van der Waals surface area contributed by atoms with Crippen molar-refractivity contribution in [2.24, 2.45) is 5.92 Å². The van der Waals surface area contributed by atoms with E-state index >= 15 is 0 Å². The van der Waals surface area contributed by atoms with Gasteiger partial charge in [-0.3, -0.25) is 0 Å². The molecule has 2 nitrogen and oxygen atoms in total. The third kappa shape index (κ3) is 3.68. The topological polar surface area (TPSA) is 25.2 Å². The van der Waals surface area contributed by atoms with Crippen LogP contribution in [0.15, 0.2) is 34.7 Å². The zero-order valence-electron chi connectivity index (χ0n) is 12.6. The SMILES string of the molecule is CC(NCc1ccc(C2CC2C)o1)c1ccc(F)cc1F.Cl. The molecule has 1 aromatic heterocycles. The first-order chi connectivity index (χ1) is 10.0. The maximum Gasteiger partial charge on any atom is 0.130 e. The molecule has 0 bridgehead atoms. The van der Waals surface area contributed by atoms with E-state index in [0.717, 1.165) is 17.6 Å². The standard InChI is InChI=1S/C17H19F2NO.ClH/c1-10-7-15(10)17-6-4-13(21-17)9-20-11(2)14-5-3-12(18)8-16(14)19;/h3-6,8,10-11,15,20H,7,9H2,1-2H3;1H. The molecule has 0 spiro atoms. The Morgan fingerprint density at radius 2 is 2.00 bits per heavy atom. The van der Waals surface area contributed by atoms with Crippen LogP contribution in [0.1, 0.15) is 49.3 Å². The molecule has 0 radical (unpaired) electrons. The lowest BCUT2D eigenvalue weighted by Gasteiger charge is -2.14. The van der Waals surface area contributed by atoms with E-state index in [1.54, 1.807) is 0 Å². The molecule has 3 atom stereocenters. The van der Waals surface area contributed by atoms with Crippen LogP contribution in [0.4, 0.5) is 8.78 Å². The molecule has 0 amide bonds. The van der Waals surface area contributed by atoms with Crippen molar-refractivity contribution in [1.82, 2.24) is 5.32 Å². The van der Waals surface area contributed by atoms with Crippen LogP contribution in [-0.2, 0) is 6.54 Å². The molecule has 1 fully saturated rings. The highest BCUT2D eigenvalue weighted by Crippen LogP contribution is 2.47. The summed E-state index contributed by atoms with van der Waals surface area (Å²) in [6.07, 6.45) is 1.19. The number of hydrogen-bond acceptors (Lipinski definition) is 2.